The lowest BCUT2D eigenvalue weighted by atomic mass is 9.98. The largest absolute Gasteiger partial charge is 0.460 e. The van der Waals surface area contributed by atoms with Gasteiger partial charge in [0.25, 0.3) is 0 Å². The normalized spacial score (nSPS) is 21.9. The molecule has 0 bridgehead atoms. The summed E-state index contributed by atoms with van der Waals surface area (Å²) in [5, 5.41) is 3.24. The second kappa shape index (κ2) is 7.10. The molecule has 4 heteroatoms. The quantitative estimate of drug-likeness (QED) is 0.760. The van der Waals surface area contributed by atoms with Crippen LogP contribution in [0, 0.1) is 5.92 Å². The highest BCUT2D eigenvalue weighted by Crippen LogP contribution is 2.16. The van der Waals surface area contributed by atoms with Crippen LogP contribution in [0.25, 0.3) is 0 Å². The number of hydrogen-bond donors (Lipinski definition) is 1. The number of carbonyl (C=O) groups is 1. The van der Waals surface area contributed by atoms with E-state index < -0.39 is 0 Å². The van der Waals surface area contributed by atoms with Gasteiger partial charge in [-0.2, -0.15) is 0 Å². The Hall–Kier alpha value is -0.610. The molecule has 1 fully saturated rings. The average Bonchev–Trinajstić information content (AvgIpc) is 2.25. The first-order valence-corrected chi connectivity index (χ1v) is 6.99. The van der Waals surface area contributed by atoms with Crippen molar-refractivity contribution in [3.63, 3.8) is 0 Å². The number of likely N-dealkylation sites (tertiary alicyclic amines) is 1. The predicted molar refractivity (Wildman–Crippen MR) is 73.6 cm³/mol. The van der Waals surface area contributed by atoms with Crippen molar-refractivity contribution < 1.29 is 9.53 Å². The van der Waals surface area contributed by atoms with Crippen LogP contribution >= 0.6 is 0 Å². The Kier molecular flexibility index (Phi) is 6.09. The molecule has 0 aromatic heterocycles. The third-order valence-corrected chi connectivity index (χ3v) is 3.15. The van der Waals surface area contributed by atoms with E-state index in [1.165, 1.54) is 12.8 Å². The molecule has 0 aromatic carbocycles. The zero-order chi connectivity index (χ0) is 13.6. The monoisotopic (exact) mass is 256 g/mol. The predicted octanol–water partition coefficient (Wildman–Crippen LogP) is 1.65. The van der Waals surface area contributed by atoms with E-state index in [4.69, 9.17) is 4.74 Å². The van der Waals surface area contributed by atoms with Crippen LogP contribution in [-0.4, -0.2) is 49.7 Å². The van der Waals surface area contributed by atoms with E-state index in [1.54, 1.807) is 0 Å². The highest BCUT2D eigenvalue weighted by atomic mass is 16.6. The second-order valence-electron chi connectivity index (χ2n) is 6.20. The van der Waals surface area contributed by atoms with Crippen LogP contribution in [0.2, 0.25) is 0 Å². The summed E-state index contributed by atoms with van der Waals surface area (Å²) < 4.78 is 5.33. The molecule has 1 heterocycles. The Morgan fingerprint density at radius 2 is 2.17 bits per heavy atom. The molecular weight excluding hydrogens is 228 g/mol. The van der Waals surface area contributed by atoms with Gasteiger partial charge in [0.15, 0.2) is 0 Å². The Morgan fingerprint density at radius 1 is 1.44 bits per heavy atom. The van der Waals surface area contributed by atoms with E-state index in [0.717, 1.165) is 32.1 Å². The minimum Gasteiger partial charge on any atom is -0.460 e. The number of hydrogen-bond acceptors (Lipinski definition) is 4. The van der Waals surface area contributed by atoms with Crippen molar-refractivity contribution in [2.24, 2.45) is 5.92 Å². The minimum absolute atomic E-state index is 0.0850. The van der Waals surface area contributed by atoms with E-state index in [0.29, 0.717) is 6.42 Å². The average molecular weight is 256 g/mol. The number of ether oxygens (including phenoxy) is 1. The number of rotatable bonds is 5. The van der Waals surface area contributed by atoms with Gasteiger partial charge in [0, 0.05) is 13.1 Å². The fourth-order valence-electron chi connectivity index (χ4n) is 2.45. The molecule has 1 saturated heterocycles. The van der Waals surface area contributed by atoms with Gasteiger partial charge in [-0.1, -0.05) is 0 Å². The van der Waals surface area contributed by atoms with Crippen LogP contribution in [0.15, 0.2) is 0 Å². The molecule has 18 heavy (non-hydrogen) atoms. The van der Waals surface area contributed by atoms with Crippen LogP contribution in [0.5, 0.6) is 0 Å². The molecular formula is C14H28N2O2. The van der Waals surface area contributed by atoms with Crippen molar-refractivity contribution in [2.75, 3.05) is 33.2 Å². The van der Waals surface area contributed by atoms with Gasteiger partial charge >= 0.3 is 5.97 Å². The summed E-state index contributed by atoms with van der Waals surface area (Å²) in [4.78, 5) is 14.0. The number of piperidine rings is 1. The Labute approximate surface area is 111 Å². The third kappa shape index (κ3) is 6.36. The molecule has 1 aliphatic heterocycles. The van der Waals surface area contributed by atoms with E-state index >= 15 is 0 Å². The minimum atomic E-state index is -0.367. The molecule has 4 nitrogen and oxygen atoms in total. The molecule has 0 aromatic rings. The van der Waals surface area contributed by atoms with Gasteiger partial charge in [0.05, 0.1) is 6.42 Å². The van der Waals surface area contributed by atoms with E-state index in [-0.39, 0.29) is 11.6 Å². The fraction of sp³-hybridized carbons (Fsp3) is 0.929. The summed E-state index contributed by atoms with van der Waals surface area (Å²) in [6.07, 6.45) is 3.04. The number of nitrogens with one attached hydrogen (secondary N) is 1. The third-order valence-electron chi connectivity index (χ3n) is 3.15. The molecule has 1 atom stereocenters. The van der Waals surface area contributed by atoms with E-state index in [9.17, 15) is 4.79 Å². The fourth-order valence-corrected chi connectivity index (χ4v) is 2.45. The van der Waals surface area contributed by atoms with Gasteiger partial charge in [-0.15, -0.1) is 0 Å². The van der Waals surface area contributed by atoms with Gasteiger partial charge in [-0.3, -0.25) is 4.79 Å². The Balaban J connectivity index is 2.24. The van der Waals surface area contributed by atoms with Crippen molar-refractivity contribution in [1.82, 2.24) is 10.2 Å². The molecule has 1 unspecified atom stereocenters. The van der Waals surface area contributed by atoms with Gasteiger partial charge in [0.2, 0.25) is 0 Å². The smallest absolute Gasteiger partial charge is 0.307 e. The zero-order valence-corrected chi connectivity index (χ0v) is 12.3. The second-order valence-corrected chi connectivity index (χ2v) is 6.20. The lowest BCUT2D eigenvalue weighted by molar-refractivity contribution is -0.155. The summed E-state index contributed by atoms with van der Waals surface area (Å²) in [5.74, 6) is 0.639. The lowest BCUT2D eigenvalue weighted by Crippen LogP contribution is -2.40. The van der Waals surface area contributed by atoms with Gasteiger partial charge in [-0.05, 0) is 59.7 Å². The number of carbonyl (C=O) groups excluding carboxylic acids is 1. The molecule has 0 radical (unpaired) electrons. The molecule has 0 aliphatic carbocycles. The zero-order valence-electron chi connectivity index (χ0n) is 12.3. The van der Waals surface area contributed by atoms with Crippen molar-refractivity contribution in [3.05, 3.63) is 0 Å². The summed E-state index contributed by atoms with van der Waals surface area (Å²) in [7, 11) is 2.00. The van der Waals surface area contributed by atoms with Crippen LogP contribution in [-0.2, 0) is 9.53 Å². The molecule has 1 N–H and O–H groups in total. The maximum Gasteiger partial charge on any atom is 0.307 e. The topological polar surface area (TPSA) is 41.6 Å². The summed E-state index contributed by atoms with van der Waals surface area (Å²) in [6.45, 7) is 9.85. The maximum absolute atomic E-state index is 11.6. The summed E-state index contributed by atoms with van der Waals surface area (Å²) in [6, 6.07) is 0. The van der Waals surface area contributed by atoms with Crippen LogP contribution in [0.4, 0.5) is 0 Å². The first-order valence-electron chi connectivity index (χ1n) is 6.99. The molecule has 0 amide bonds. The molecule has 106 valence electrons. The van der Waals surface area contributed by atoms with Gasteiger partial charge < -0.3 is 15.0 Å². The highest BCUT2D eigenvalue weighted by Gasteiger charge is 2.21. The van der Waals surface area contributed by atoms with Crippen molar-refractivity contribution in [1.29, 1.82) is 0 Å². The SMILES string of the molecule is CNCC1CCCN(CCC(=O)OC(C)(C)C)C1. The van der Waals surface area contributed by atoms with E-state index in [1.807, 2.05) is 27.8 Å². The van der Waals surface area contributed by atoms with Crippen molar-refractivity contribution in [2.45, 2.75) is 45.6 Å². The summed E-state index contributed by atoms with van der Waals surface area (Å²) >= 11 is 0. The van der Waals surface area contributed by atoms with Gasteiger partial charge in [-0.25, -0.2) is 0 Å². The molecule has 1 aliphatic rings. The number of esters is 1. The van der Waals surface area contributed by atoms with Crippen LogP contribution in [0.1, 0.15) is 40.0 Å². The number of nitrogens with zero attached hydrogens (tertiary/aromatic N) is 1. The first-order chi connectivity index (χ1) is 8.40. The lowest BCUT2D eigenvalue weighted by Gasteiger charge is -2.32. The Morgan fingerprint density at radius 3 is 2.78 bits per heavy atom. The first kappa shape index (κ1) is 15.4. The molecule has 0 saturated carbocycles. The Bertz CT molecular complexity index is 259. The summed E-state index contributed by atoms with van der Waals surface area (Å²) in [5.41, 5.74) is -0.367. The standard InChI is InChI=1S/C14H28N2O2/c1-14(2,3)18-13(17)7-9-16-8-5-6-12(11-16)10-15-4/h12,15H,5-11H2,1-4H3. The van der Waals surface area contributed by atoms with Crippen LogP contribution < -0.4 is 5.32 Å². The highest BCUT2D eigenvalue weighted by molar-refractivity contribution is 5.70. The van der Waals surface area contributed by atoms with Crippen molar-refractivity contribution in [3.8, 4) is 0 Å². The molecule has 0 spiro atoms. The van der Waals surface area contributed by atoms with Crippen LogP contribution in [0.3, 0.4) is 0 Å². The molecule has 1 rings (SSSR count). The van der Waals surface area contributed by atoms with Gasteiger partial charge in [0.1, 0.15) is 5.60 Å². The maximum atomic E-state index is 11.6. The van der Waals surface area contributed by atoms with Crippen molar-refractivity contribution >= 4 is 5.97 Å². The van der Waals surface area contributed by atoms with E-state index in [2.05, 4.69) is 10.2 Å².